The summed E-state index contributed by atoms with van der Waals surface area (Å²) >= 11 is 0. The Labute approximate surface area is 105 Å². The molecule has 1 aromatic carbocycles. The minimum absolute atomic E-state index is 0.0624. The lowest BCUT2D eigenvalue weighted by Crippen LogP contribution is -2.18. The highest BCUT2D eigenvalue weighted by atomic mass is 16.5. The minimum Gasteiger partial charge on any atom is -0.504 e. The summed E-state index contributed by atoms with van der Waals surface area (Å²) in [6.45, 7) is 4.27. The zero-order valence-corrected chi connectivity index (χ0v) is 10.3. The number of hydrogen-bond acceptors (Lipinski definition) is 5. The summed E-state index contributed by atoms with van der Waals surface area (Å²) in [6.07, 6.45) is 0.816. The van der Waals surface area contributed by atoms with Crippen LogP contribution in [0.15, 0.2) is 23.3 Å². The first-order chi connectivity index (χ1) is 8.67. The smallest absolute Gasteiger partial charge is 0.427 e. The summed E-state index contributed by atoms with van der Waals surface area (Å²) < 4.78 is 9.85. The lowest BCUT2D eigenvalue weighted by molar-refractivity contribution is 0.152. The summed E-state index contributed by atoms with van der Waals surface area (Å²) in [5.41, 5.74) is 2.89. The second-order valence-corrected chi connectivity index (χ2v) is 3.25. The van der Waals surface area contributed by atoms with Crippen LogP contribution < -0.4 is 10.2 Å². The molecule has 1 amide bonds. The molecule has 0 fully saturated rings. The Morgan fingerprint density at radius 1 is 1.44 bits per heavy atom. The fraction of sp³-hybridized carbons (Fsp3) is 0.333. The molecule has 2 N–H and O–H groups in total. The van der Waals surface area contributed by atoms with E-state index in [1.165, 1.54) is 12.3 Å². The van der Waals surface area contributed by atoms with Crippen LogP contribution >= 0.6 is 0 Å². The maximum absolute atomic E-state index is 10.9. The van der Waals surface area contributed by atoms with Crippen LogP contribution in [0.3, 0.4) is 0 Å². The maximum Gasteiger partial charge on any atom is 0.427 e. The van der Waals surface area contributed by atoms with Gasteiger partial charge in [-0.1, -0.05) is 0 Å². The number of ether oxygens (including phenoxy) is 2. The first-order valence-corrected chi connectivity index (χ1v) is 5.59. The predicted molar refractivity (Wildman–Crippen MR) is 67.0 cm³/mol. The number of benzene rings is 1. The Morgan fingerprint density at radius 3 is 2.89 bits per heavy atom. The molecule has 18 heavy (non-hydrogen) atoms. The molecule has 0 heterocycles. The highest BCUT2D eigenvalue weighted by Crippen LogP contribution is 2.25. The van der Waals surface area contributed by atoms with Gasteiger partial charge in [0.25, 0.3) is 0 Å². The molecule has 6 nitrogen and oxygen atoms in total. The van der Waals surface area contributed by atoms with Gasteiger partial charge in [-0.15, -0.1) is 0 Å². The molecule has 0 aliphatic carbocycles. The van der Waals surface area contributed by atoms with Crippen molar-refractivity contribution in [3.8, 4) is 11.5 Å². The van der Waals surface area contributed by atoms with E-state index in [1.54, 1.807) is 19.1 Å². The number of hydrazone groups is 1. The Hall–Kier alpha value is -2.24. The fourth-order valence-electron chi connectivity index (χ4n) is 1.21. The van der Waals surface area contributed by atoms with Crippen molar-refractivity contribution in [1.82, 2.24) is 5.43 Å². The van der Waals surface area contributed by atoms with Gasteiger partial charge in [-0.25, -0.2) is 10.2 Å². The van der Waals surface area contributed by atoms with Gasteiger partial charge in [0.2, 0.25) is 0 Å². The molecule has 1 rings (SSSR count). The largest absolute Gasteiger partial charge is 0.504 e. The van der Waals surface area contributed by atoms with E-state index in [0.29, 0.717) is 17.9 Å². The lowest BCUT2D eigenvalue weighted by atomic mass is 10.2. The van der Waals surface area contributed by atoms with Crippen molar-refractivity contribution in [2.24, 2.45) is 5.10 Å². The standard InChI is InChI=1S/C12H16N2O4/c1-3-17-11-7-9(5-6-10(11)15)8-13-14-12(16)18-4-2/h5-8,15H,3-4H2,1-2H3,(H,14,16)/b13-8+. The van der Waals surface area contributed by atoms with Gasteiger partial charge in [0.1, 0.15) is 0 Å². The monoisotopic (exact) mass is 252 g/mol. The third kappa shape index (κ3) is 4.32. The SMILES string of the molecule is CCOC(=O)N/N=C/c1ccc(O)c(OCC)c1. The zero-order valence-electron chi connectivity index (χ0n) is 10.3. The summed E-state index contributed by atoms with van der Waals surface area (Å²) in [4.78, 5) is 10.9. The molecule has 0 spiro atoms. The van der Waals surface area contributed by atoms with Crippen molar-refractivity contribution >= 4 is 12.3 Å². The number of amides is 1. The number of rotatable bonds is 5. The predicted octanol–water partition coefficient (Wildman–Crippen LogP) is 1.87. The summed E-state index contributed by atoms with van der Waals surface area (Å²) in [7, 11) is 0. The van der Waals surface area contributed by atoms with E-state index < -0.39 is 6.09 Å². The van der Waals surface area contributed by atoms with Crippen LogP contribution in [0.1, 0.15) is 19.4 Å². The van der Waals surface area contributed by atoms with Crippen LogP contribution in [0.5, 0.6) is 11.5 Å². The highest BCUT2D eigenvalue weighted by Gasteiger charge is 2.02. The maximum atomic E-state index is 10.9. The third-order valence-corrected chi connectivity index (χ3v) is 1.93. The molecule has 0 aromatic heterocycles. The van der Waals surface area contributed by atoms with Crippen LogP contribution in [0.2, 0.25) is 0 Å². The van der Waals surface area contributed by atoms with Crippen LogP contribution in [0, 0.1) is 0 Å². The van der Waals surface area contributed by atoms with Crippen LogP contribution in [-0.4, -0.2) is 30.6 Å². The second-order valence-electron chi connectivity index (χ2n) is 3.25. The first kappa shape index (κ1) is 13.8. The topological polar surface area (TPSA) is 80.2 Å². The number of aromatic hydroxyl groups is 1. The van der Waals surface area contributed by atoms with E-state index in [1.807, 2.05) is 6.92 Å². The van der Waals surface area contributed by atoms with Gasteiger partial charge in [0.15, 0.2) is 11.5 Å². The molecule has 0 radical (unpaired) electrons. The highest BCUT2D eigenvalue weighted by molar-refractivity contribution is 5.82. The average Bonchev–Trinajstić information content (AvgIpc) is 2.34. The molecule has 6 heteroatoms. The molecule has 0 saturated carbocycles. The van der Waals surface area contributed by atoms with Gasteiger partial charge in [-0.05, 0) is 37.6 Å². The molecular formula is C12H16N2O4. The van der Waals surface area contributed by atoms with Crippen molar-refractivity contribution in [2.45, 2.75) is 13.8 Å². The fourth-order valence-corrected chi connectivity index (χ4v) is 1.21. The number of carbonyl (C=O) groups is 1. The van der Waals surface area contributed by atoms with Gasteiger partial charge in [-0.3, -0.25) is 0 Å². The van der Waals surface area contributed by atoms with E-state index in [-0.39, 0.29) is 12.4 Å². The Balaban J connectivity index is 2.64. The number of carbonyl (C=O) groups excluding carboxylic acids is 1. The van der Waals surface area contributed by atoms with E-state index in [0.717, 1.165) is 0 Å². The molecule has 0 atom stereocenters. The number of hydrogen-bond donors (Lipinski definition) is 2. The van der Waals surface area contributed by atoms with Crippen LogP contribution in [0.4, 0.5) is 4.79 Å². The molecule has 0 unspecified atom stereocenters. The third-order valence-electron chi connectivity index (χ3n) is 1.93. The van der Waals surface area contributed by atoms with E-state index in [2.05, 4.69) is 15.3 Å². The van der Waals surface area contributed by atoms with Crippen LogP contribution in [0.25, 0.3) is 0 Å². The van der Waals surface area contributed by atoms with Gasteiger partial charge >= 0.3 is 6.09 Å². The number of nitrogens with one attached hydrogen (secondary N) is 1. The Morgan fingerprint density at radius 2 is 2.22 bits per heavy atom. The van der Waals surface area contributed by atoms with Gasteiger partial charge in [0, 0.05) is 0 Å². The molecule has 98 valence electrons. The van der Waals surface area contributed by atoms with Gasteiger partial charge in [-0.2, -0.15) is 5.10 Å². The van der Waals surface area contributed by atoms with Gasteiger partial charge in [0.05, 0.1) is 19.4 Å². The first-order valence-electron chi connectivity index (χ1n) is 5.59. The summed E-state index contributed by atoms with van der Waals surface area (Å²) in [6, 6.07) is 4.76. The van der Waals surface area contributed by atoms with E-state index in [4.69, 9.17) is 4.74 Å². The summed E-state index contributed by atoms with van der Waals surface area (Å²) in [5.74, 6) is 0.435. The Kier molecular flexibility index (Phi) is 5.50. The molecule has 1 aromatic rings. The van der Waals surface area contributed by atoms with Crippen LogP contribution in [-0.2, 0) is 4.74 Å². The van der Waals surface area contributed by atoms with Crippen molar-refractivity contribution < 1.29 is 19.4 Å². The van der Waals surface area contributed by atoms with Crippen molar-refractivity contribution in [2.75, 3.05) is 13.2 Å². The molecule has 0 bridgehead atoms. The van der Waals surface area contributed by atoms with Gasteiger partial charge < -0.3 is 14.6 Å². The molecular weight excluding hydrogens is 236 g/mol. The van der Waals surface area contributed by atoms with Crippen molar-refractivity contribution in [1.29, 1.82) is 0 Å². The average molecular weight is 252 g/mol. The number of phenols is 1. The normalized spacial score (nSPS) is 10.3. The van der Waals surface area contributed by atoms with Crippen molar-refractivity contribution in [3.63, 3.8) is 0 Å². The van der Waals surface area contributed by atoms with Crippen molar-refractivity contribution in [3.05, 3.63) is 23.8 Å². The number of nitrogens with zero attached hydrogens (tertiary/aromatic N) is 1. The summed E-state index contributed by atoms with van der Waals surface area (Å²) in [5, 5.41) is 13.2. The Bertz CT molecular complexity index is 432. The molecule has 0 aliphatic heterocycles. The quantitative estimate of drug-likeness (QED) is 0.619. The molecule has 0 saturated heterocycles. The van der Waals surface area contributed by atoms with E-state index in [9.17, 15) is 9.90 Å². The molecule has 0 aliphatic rings. The minimum atomic E-state index is -0.613. The lowest BCUT2D eigenvalue weighted by Gasteiger charge is -2.05. The zero-order chi connectivity index (χ0) is 13.4. The van der Waals surface area contributed by atoms with E-state index >= 15 is 0 Å². The number of phenolic OH excluding ortho intramolecular Hbond substituents is 1. The second kappa shape index (κ2) is 7.16.